The third-order valence-electron chi connectivity index (χ3n) is 0.925. The molecule has 0 saturated heterocycles. The van der Waals surface area contributed by atoms with Crippen molar-refractivity contribution in [1.82, 2.24) is 0 Å². The van der Waals surface area contributed by atoms with Gasteiger partial charge in [-0.15, -0.1) is 12.0 Å². The molecule has 0 saturated carbocycles. The van der Waals surface area contributed by atoms with Crippen molar-refractivity contribution in [2.75, 3.05) is 0 Å². The van der Waals surface area contributed by atoms with Crippen molar-refractivity contribution in [3.05, 3.63) is 0 Å². The summed E-state index contributed by atoms with van der Waals surface area (Å²) in [6, 6.07) is 1.34. The van der Waals surface area contributed by atoms with Gasteiger partial charge >= 0.3 is 0 Å². The lowest BCUT2D eigenvalue weighted by molar-refractivity contribution is 0.881. The molecule has 0 atom stereocenters. The summed E-state index contributed by atoms with van der Waals surface area (Å²) in [6.07, 6.45) is 7.72. The summed E-state index contributed by atoms with van der Waals surface area (Å²) in [6.45, 7) is 2.20. The molecular formula is C6H12Si. The molecule has 0 rings (SSSR count). The Bertz CT molecular complexity index is 61.1. The van der Waals surface area contributed by atoms with Crippen LogP contribution < -0.4 is 0 Å². The predicted octanol–water partition coefficient (Wildman–Crippen LogP) is 0.964. The molecule has 0 aromatic carbocycles. The summed E-state index contributed by atoms with van der Waals surface area (Å²) in [5, 5.41) is 0. The summed E-state index contributed by atoms with van der Waals surface area (Å²) >= 11 is 0. The van der Waals surface area contributed by atoms with Crippen LogP contribution in [0.2, 0.25) is 6.04 Å². The van der Waals surface area contributed by atoms with Crippen LogP contribution in [-0.2, 0) is 0 Å². The van der Waals surface area contributed by atoms with Crippen LogP contribution in [0.1, 0.15) is 19.8 Å². The first-order valence-electron chi connectivity index (χ1n) is 2.85. The van der Waals surface area contributed by atoms with Crippen LogP contribution in [0.4, 0.5) is 0 Å². The maximum atomic E-state index is 5.08. The highest BCUT2D eigenvalue weighted by atomic mass is 28.2. The van der Waals surface area contributed by atoms with Gasteiger partial charge in [0.15, 0.2) is 0 Å². The first-order chi connectivity index (χ1) is 3.41. The lowest BCUT2D eigenvalue weighted by atomic mass is 10.4. The molecule has 0 aliphatic carbocycles. The number of unbranched alkanes of at least 4 members (excludes halogenated alkanes) is 1. The van der Waals surface area contributed by atoms with Gasteiger partial charge in [-0.05, 0) is 0 Å². The standard InChI is InChI=1S/C6H12Si/c1-3-5-6-7-4-2/h2H,3,5-7H2,1H3. The van der Waals surface area contributed by atoms with E-state index in [2.05, 4.69) is 12.5 Å². The van der Waals surface area contributed by atoms with Gasteiger partial charge < -0.3 is 0 Å². The topological polar surface area (TPSA) is 0 Å². The summed E-state index contributed by atoms with van der Waals surface area (Å²) in [7, 11) is -0.0615. The van der Waals surface area contributed by atoms with E-state index in [1.54, 1.807) is 0 Å². The maximum Gasteiger partial charge on any atom is 0.106 e. The van der Waals surface area contributed by atoms with Crippen LogP contribution in [0.25, 0.3) is 0 Å². The second-order valence-electron chi connectivity index (χ2n) is 1.66. The zero-order valence-corrected chi connectivity index (χ0v) is 6.32. The van der Waals surface area contributed by atoms with Gasteiger partial charge in [0.05, 0.1) is 0 Å². The van der Waals surface area contributed by atoms with Gasteiger partial charge in [0, 0.05) is 0 Å². The van der Waals surface area contributed by atoms with Crippen LogP contribution in [-0.4, -0.2) is 9.52 Å². The van der Waals surface area contributed by atoms with Crippen molar-refractivity contribution in [3.63, 3.8) is 0 Å². The smallest absolute Gasteiger partial charge is 0.106 e. The minimum Gasteiger partial charge on any atom is -0.143 e. The van der Waals surface area contributed by atoms with Crippen LogP contribution >= 0.6 is 0 Å². The van der Waals surface area contributed by atoms with Crippen molar-refractivity contribution in [2.24, 2.45) is 0 Å². The first-order valence-corrected chi connectivity index (χ1v) is 4.56. The highest BCUT2D eigenvalue weighted by Crippen LogP contribution is 1.90. The van der Waals surface area contributed by atoms with Gasteiger partial charge in [-0.2, -0.15) is 0 Å². The van der Waals surface area contributed by atoms with Crippen LogP contribution in [0, 0.1) is 12.0 Å². The second-order valence-corrected chi connectivity index (χ2v) is 3.28. The van der Waals surface area contributed by atoms with E-state index in [0.29, 0.717) is 0 Å². The van der Waals surface area contributed by atoms with Gasteiger partial charge in [-0.1, -0.05) is 25.8 Å². The minimum atomic E-state index is -0.0615. The van der Waals surface area contributed by atoms with Crippen molar-refractivity contribution in [2.45, 2.75) is 25.8 Å². The summed E-state index contributed by atoms with van der Waals surface area (Å²) in [4.78, 5) is 0. The molecule has 0 radical (unpaired) electrons. The average molecular weight is 112 g/mol. The van der Waals surface area contributed by atoms with E-state index in [4.69, 9.17) is 6.42 Å². The van der Waals surface area contributed by atoms with E-state index in [0.717, 1.165) is 0 Å². The fourth-order valence-corrected chi connectivity index (χ4v) is 1.43. The molecule has 0 spiro atoms. The Balaban J connectivity index is 2.60. The molecule has 0 N–H and O–H groups in total. The molecule has 0 heterocycles. The number of hydrogen-bond acceptors (Lipinski definition) is 0. The second kappa shape index (κ2) is 5.78. The normalized spacial score (nSPS) is 9.71. The van der Waals surface area contributed by atoms with E-state index >= 15 is 0 Å². The van der Waals surface area contributed by atoms with Crippen LogP contribution in [0.15, 0.2) is 0 Å². The van der Waals surface area contributed by atoms with Crippen molar-refractivity contribution in [3.8, 4) is 12.0 Å². The molecule has 0 fully saturated rings. The van der Waals surface area contributed by atoms with Crippen molar-refractivity contribution in [1.29, 1.82) is 0 Å². The predicted molar refractivity (Wildman–Crippen MR) is 37.1 cm³/mol. The van der Waals surface area contributed by atoms with E-state index in [9.17, 15) is 0 Å². The SMILES string of the molecule is C#C[SiH2]CCCC. The van der Waals surface area contributed by atoms with Crippen molar-refractivity contribution < 1.29 is 0 Å². The number of rotatable bonds is 3. The molecule has 0 aromatic heterocycles. The lowest BCUT2D eigenvalue weighted by Crippen LogP contribution is -1.81. The molecule has 0 unspecified atom stereocenters. The Labute approximate surface area is 48.1 Å². The molecule has 0 bridgehead atoms. The first kappa shape index (κ1) is 6.78. The highest BCUT2D eigenvalue weighted by Gasteiger charge is 1.79. The monoisotopic (exact) mass is 112 g/mol. The van der Waals surface area contributed by atoms with E-state index < -0.39 is 0 Å². The molecule has 0 aromatic rings. The van der Waals surface area contributed by atoms with Gasteiger partial charge in [-0.25, -0.2) is 0 Å². The van der Waals surface area contributed by atoms with Gasteiger partial charge in [0.1, 0.15) is 9.52 Å². The quantitative estimate of drug-likeness (QED) is 0.290. The zero-order chi connectivity index (χ0) is 5.54. The Morgan fingerprint density at radius 1 is 1.71 bits per heavy atom. The average Bonchev–Trinajstić information content (AvgIpc) is 1.69. The molecule has 0 nitrogen and oxygen atoms in total. The highest BCUT2D eigenvalue weighted by molar-refractivity contribution is 6.45. The van der Waals surface area contributed by atoms with E-state index in [1.807, 2.05) is 0 Å². The Kier molecular flexibility index (Phi) is 5.59. The fraction of sp³-hybridized carbons (Fsp3) is 0.667. The summed E-state index contributed by atoms with van der Waals surface area (Å²) in [5.74, 6) is 0. The fourth-order valence-electron chi connectivity index (χ4n) is 0.477. The van der Waals surface area contributed by atoms with Crippen LogP contribution in [0.5, 0.6) is 0 Å². The molecule has 0 amide bonds. The Morgan fingerprint density at radius 3 is 2.86 bits per heavy atom. The largest absolute Gasteiger partial charge is 0.143 e. The van der Waals surface area contributed by atoms with Gasteiger partial charge in [-0.3, -0.25) is 0 Å². The molecule has 1 heteroatoms. The molecule has 0 aliphatic heterocycles. The van der Waals surface area contributed by atoms with Crippen molar-refractivity contribution >= 4 is 9.52 Å². The molecular weight excluding hydrogens is 100 g/mol. The summed E-state index contributed by atoms with van der Waals surface area (Å²) < 4.78 is 0. The third-order valence-corrected chi connectivity index (χ3v) is 2.07. The minimum absolute atomic E-state index is 0.0615. The van der Waals surface area contributed by atoms with E-state index in [1.165, 1.54) is 18.9 Å². The number of terminal acetylenes is 1. The molecule has 0 aliphatic rings. The molecule has 7 heavy (non-hydrogen) atoms. The maximum absolute atomic E-state index is 5.08. The number of hydrogen-bond donors (Lipinski definition) is 0. The Morgan fingerprint density at radius 2 is 2.43 bits per heavy atom. The van der Waals surface area contributed by atoms with Gasteiger partial charge in [0.25, 0.3) is 0 Å². The zero-order valence-electron chi connectivity index (χ0n) is 4.91. The lowest BCUT2D eigenvalue weighted by Gasteiger charge is -1.85. The summed E-state index contributed by atoms with van der Waals surface area (Å²) in [5.41, 5.74) is 2.74. The molecule has 40 valence electrons. The van der Waals surface area contributed by atoms with E-state index in [-0.39, 0.29) is 9.52 Å². The third kappa shape index (κ3) is 5.78. The van der Waals surface area contributed by atoms with Crippen LogP contribution in [0.3, 0.4) is 0 Å². The van der Waals surface area contributed by atoms with Gasteiger partial charge in [0.2, 0.25) is 0 Å². The Hall–Kier alpha value is -0.223.